The number of hydrogen-bond acceptors (Lipinski definition) is 7. The van der Waals surface area contributed by atoms with Gasteiger partial charge in [0.15, 0.2) is 5.82 Å². The molecule has 0 saturated heterocycles. The third kappa shape index (κ3) is 4.70. The molecule has 1 aliphatic heterocycles. The number of benzene rings is 1. The molecular weight excluding hydrogens is 456 g/mol. The van der Waals surface area contributed by atoms with Crippen molar-refractivity contribution in [2.45, 2.75) is 70.4 Å². The van der Waals surface area contributed by atoms with Gasteiger partial charge >= 0.3 is 0 Å². The van der Waals surface area contributed by atoms with Crippen LogP contribution in [0.4, 0.5) is 23.1 Å². The van der Waals surface area contributed by atoms with Crippen molar-refractivity contribution >= 4 is 35.0 Å². The van der Waals surface area contributed by atoms with E-state index in [2.05, 4.69) is 27.4 Å². The quantitative estimate of drug-likeness (QED) is 0.596. The number of nitrogens with zero attached hydrogens (tertiary/aromatic N) is 4. The molecular formula is C27H36N6O3. The average Bonchev–Trinajstić information content (AvgIpc) is 3.38. The molecule has 1 atom stereocenters. The van der Waals surface area contributed by atoms with Crippen LogP contribution in [0.25, 0.3) is 0 Å². The minimum absolute atomic E-state index is 0.0695. The molecule has 2 aromatic rings. The third-order valence-electron chi connectivity index (χ3n) is 7.89. The van der Waals surface area contributed by atoms with E-state index in [4.69, 9.17) is 9.72 Å². The molecule has 0 radical (unpaired) electrons. The van der Waals surface area contributed by atoms with Crippen LogP contribution < -0.4 is 25.2 Å². The van der Waals surface area contributed by atoms with E-state index in [1.54, 1.807) is 30.3 Å². The molecule has 2 fully saturated rings. The number of rotatable bonds is 7. The van der Waals surface area contributed by atoms with Crippen molar-refractivity contribution in [3.63, 3.8) is 0 Å². The van der Waals surface area contributed by atoms with Crippen molar-refractivity contribution < 1.29 is 14.3 Å². The van der Waals surface area contributed by atoms with Gasteiger partial charge in [0, 0.05) is 31.2 Å². The van der Waals surface area contributed by atoms with Gasteiger partial charge in [-0.3, -0.25) is 9.59 Å². The number of carbonyl (C=O) groups is 2. The summed E-state index contributed by atoms with van der Waals surface area (Å²) in [7, 11) is 3.40. The highest BCUT2D eigenvalue weighted by Gasteiger charge is 2.36. The van der Waals surface area contributed by atoms with E-state index in [1.807, 2.05) is 13.1 Å². The zero-order valence-electron chi connectivity index (χ0n) is 21.4. The van der Waals surface area contributed by atoms with Crippen molar-refractivity contribution in [1.82, 2.24) is 15.3 Å². The van der Waals surface area contributed by atoms with Gasteiger partial charge in [0.2, 0.25) is 11.9 Å². The summed E-state index contributed by atoms with van der Waals surface area (Å²) in [6.07, 6.45) is 10.4. The second kappa shape index (κ2) is 10.3. The molecule has 9 heteroatoms. The van der Waals surface area contributed by atoms with E-state index >= 15 is 0 Å². The summed E-state index contributed by atoms with van der Waals surface area (Å²) in [5.74, 6) is 1.72. The normalized spacial score (nSPS) is 20.5. The van der Waals surface area contributed by atoms with Gasteiger partial charge in [-0.2, -0.15) is 4.98 Å². The molecule has 0 unspecified atom stereocenters. The summed E-state index contributed by atoms with van der Waals surface area (Å²) in [5, 5.41) is 6.34. The number of hydrogen-bond donors (Lipinski definition) is 2. The minimum Gasteiger partial charge on any atom is -0.495 e. The maximum atomic E-state index is 13.1. The fourth-order valence-corrected chi connectivity index (χ4v) is 5.39. The summed E-state index contributed by atoms with van der Waals surface area (Å²) < 4.78 is 5.59. The molecule has 0 bridgehead atoms. The molecule has 5 rings (SSSR count). The van der Waals surface area contributed by atoms with E-state index in [1.165, 1.54) is 19.3 Å². The van der Waals surface area contributed by atoms with E-state index in [9.17, 15) is 9.59 Å². The predicted octanol–water partition coefficient (Wildman–Crippen LogP) is 4.26. The van der Waals surface area contributed by atoms with Crippen LogP contribution in [0.2, 0.25) is 0 Å². The average molecular weight is 493 g/mol. The molecule has 2 saturated carbocycles. The molecule has 9 nitrogen and oxygen atoms in total. The summed E-state index contributed by atoms with van der Waals surface area (Å²) in [5.41, 5.74) is 1.98. The Balaban J connectivity index is 1.43. The number of carbonyl (C=O) groups excluding carboxylic acids is 2. The number of ether oxygens (including phenoxy) is 1. The number of amides is 2. The van der Waals surface area contributed by atoms with Crippen LogP contribution in [0, 0.1) is 5.92 Å². The summed E-state index contributed by atoms with van der Waals surface area (Å²) >= 11 is 0. The van der Waals surface area contributed by atoms with Gasteiger partial charge < -0.3 is 25.2 Å². The van der Waals surface area contributed by atoms with Gasteiger partial charge in [0.1, 0.15) is 11.4 Å². The first-order valence-corrected chi connectivity index (χ1v) is 13.2. The fourth-order valence-electron chi connectivity index (χ4n) is 5.39. The molecule has 192 valence electrons. The van der Waals surface area contributed by atoms with E-state index in [0.29, 0.717) is 35.5 Å². The first-order chi connectivity index (χ1) is 17.5. The van der Waals surface area contributed by atoms with E-state index < -0.39 is 0 Å². The van der Waals surface area contributed by atoms with Crippen LogP contribution in [0.1, 0.15) is 68.6 Å². The Labute approximate surface area is 212 Å². The number of fused-ring (bicyclic) bond motifs is 1. The second-order valence-corrected chi connectivity index (χ2v) is 10.1. The van der Waals surface area contributed by atoms with E-state index in [-0.39, 0.29) is 23.8 Å². The predicted molar refractivity (Wildman–Crippen MR) is 140 cm³/mol. The maximum absolute atomic E-state index is 13.1. The standard InChI is InChI=1S/C27H36N6O3/c1-4-17-16-33(20-10-5-6-11-20)24-22(32(2)26(17)35)15-28-27(31-24)30-21-13-12-18(14-23(21)36-3)25(34)29-19-8-7-9-19/h12-15,17,19-20H,4-11,16H2,1-3H3,(H,29,34)(H,28,30,31)/t17-/m0/s1. The molecule has 0 spiro atoms. The number of methoxy groups -OCH3 is 1. The summed E-state index contributed by atoms with van der Waals surface area (Å²) in [4.78, 5) is 39.2. The number of nitrogens with one attached hydrogen (secondary N) is 2. The Morgan fingerprint density at radius 3 is 2.61 bits per heavy atom. The zero-order valence-corrected chi connectivity index (χ0v) is 21.4. The van der Waals surface area contributed by atoms with Gasteiger partial charge in [0.05, 0.1) is 24.9 Å². The smallest absolute Gasteiger partial charge is 0.251 e. The van der Waals surface area contributed by atoms with E-state index in [0.717, 1.165) is 43.6 Å². The number of anilines is 4. The van der Waals surface area contributed by atoms with Crippen LogP contribution >= 0.6 is 0 Å². The molecule has 2 aliphatic carbocycles. The lowest BCUT2D eigenvalue weighted by atomic mass is 9.93. The van der Waals surface area contributed by atoms with Crippen LogP contribution in [-0.4, -0.2) is 54.6 Å². The van der Waals surface area contributed by atoms with Gasteiger partial charge in [0.25, 0.3) is 5.91 Å². The van der Waals surface area contributed by atoms with Crippen LogP contribution in [0.3, 0.4) is 0 Å². The Bertz CT molecular complexity index is 1130. The molecule has 2 N–H and O–H groups in total. The van der Waals surface area contributed by atoms with Crippen molar-refractivity contribution in [1.29, 1.82) is 0 Å². The molecule has 3 aliphatic rings. The van der Waals surface area contributed by atoms with Gasteiger partial charge in [-0.1, -0.05) is 19.8 Å². The highest BCUT2D eigenvalue weighted by molar-refractivity contribution is 5.99. The zero-order chi connectivity index (χ0) is 25.2. The Hall–Kier alpha value is -3.36. The lowest BCUT2D eigenvalue weighted by Crippen LogP contribution is -2.39. The van der Waals surface area contributed by atoms with Crippen molar-refractivity contribution in [2.24, 2.45) is 5.92 Å². The SMILES string of the molecule is CC[C@H]1CN(C2CCCC2)c2nc(Nc3ccc(C(=O)NC4CCC4)cc3OC)ncc2N(C)C1=O. The maximum Gasteiger partial charge on any atom is 0.251 e. The highest BCUT2D eigenvalue weighted by Crippen LogP contribution is 2.38. The molecule has 2 heterocycles. The Morgan fingerprint density at radius 1 is 1.17 bits per heavy atom. The van der Waals surface area contributed by atoms with Crippen LogP contribution in [0.5, 0.6) is 5.75 Å². The largest absolute Gasteiger partial charge is 0.495 e. The lowest BCUT2D eigenvalue weighted by molar-refractivity contribution is -0.121. The molecule has 36 heavy (non-hydrogen) atoms. The summed E-state index contributed by atoms with van der Waals surface area (Å²) in [6, 6.07) is 5.99. The van der Waals surface area contributed by atoms with Crippen LogP contribution in [0.15, 0.2) is 24.4 Å². The minimum atomic E-state index is -0.0868. The second-order valence-electron chi connectivity index (χ2n) is 10.1. The molecule has 2 amide bonds. The molecule has 1 aromatic heterocycles. The Morgan fingerprint density at radius 2 is 1.94 bits per heavy atom. The lowest BCUT2D eigenvalue weighted by Gasteiger charge is -2.31. The van der Waals surface area contributed by atoms with Crippen molar-refractivity contribution in [3.05, 3.63) is 30.0 Å². The van der Waals surface area contributed by atoms with Gasteiger partial charge in [-0.05, 0) is 56.7 Å². The Kier molecular flexibility index (Phi) is 6.98. The molecule has 1 aromatic carbocycles. The topological polar surface area (TPSA) is 99.7 Å². The van der Waals surface area contributed by atoms with Gasteiger partial charge in [-0.15, -0.1) is 0 Å². The first kappa shape index (κ1) is 24.3. The monoisotopic (exact) mass is 492 g/mol. The van der Waals surface area contributed by atoms with Crippen molar-refractivity contribution in [2.75, 3.05) is 35.8 Å². The first-order valence-electron chi connectivity index (χ1n) is 13.2. The van der Waals surface area contributed by atoms with Gasteiger partial charge in [-0.25, -0.2) is 4.98 Å². The highest BCUT2D eigenvalue weighted by atomic mass is 16.5. The fraction of sp³-hybridized carbons (Fsp3) is 0.556. The van der Waals surface area contributed by atoms with Crippen LogP contribution in [-0.2, 0) is 4.79 Å². The van der Waals surface area contributed by atoms with Crippen molar-refractivity contribution in [3.8, 4) is 5.75 Å². The third-order valence-corrected chi connectivity index (χ3v) is 7.89. The number of aromatic nitrogens is 2. The summed E-state index contributed by atoms with van der Waals surface area (Å²) in [6.45, 7) is 2.74.